The second-order valence-electron chi connectivity index (χ2n) is 5.30. The van der Waals surface area contributed by atoms with Crippen molar-refractivity contribution in [3.05, 3.63) is 77.0 Å². The lowest BCUT2D eigenvalue weighted by Gasteiger charge is -1.98. The van der Waals surface area contributed by atoms with Crippen molar-refractivity contribution < 1.29 is 0 Å². The van der Waals surface area contributed by atoms with Crippen LogP contribution in [0.25, 0.3) is 11.3 Å². The van der Waals surface area contributed by atoms with E-state index < -0.39 is 0 Å². The lowest BCUT2D eigenvalue weighted by Crippen LogP contribution is -1.88. The maximum absolute atomic E-state index is 4.41. The van der Waals surface area contributed by atoms with E-state index >= 15 is 0 Å². The van der Waals surface area contributed by atoms with Crippen LogP contribution >= 0.6 is 0 Å². The van der Waals surface area contributed by atoms with Crippen LogP contribution in [-0.2, 0) is 6.42 Å². The Hall–Kier alpha value is -2.35. The molecule has 0 atom stereocenters. The Morgan fingerprint density at radius 3 is 2.10 bits per heavy atom. The second kappa shape index (κ2) is 5.33. The fraction of sp³-hybridized carbons (Fsp3) is 0.167. The molecule has 20 heavy (non-hydrogen) atoms. The minimum Gasteiger partial charge on any atom is -0.278 e. The molecule has 3 aromatic rings. The number of aromatic nitrogens is 2. The van der Waals surface area contributed by atoms with E-state index in [-0.39, 0.29) is 0 Å². The molecule has 0 amide bonds. The summed E-state index contributed by atoms with van der Waals surface area (Å²) >= 11 is 0. The fourth-order valence-corrected chi connectivity index (χ4v) is 2.25. The number of rotatable bonds is 3. The Morgan fingerprint density at radius 1 is 0.850 bits per heavy atom. The summed E-state index contributed by atoms with van der Waals surface area (Å²) in [6.07, 6.45) is 0.864. The summed E-state index contributed by atoms with van der Waals surface area (Å²) in [6, 6.07) is 19.2. The second-order valence-corrected chi connectivity index (χ2v) is 5.30. The van der Waals surface area contributed by atoms with Gasteiger partial charge in [0.15, 0.2) is 0 Å². The smallest absolute Gasteiger partial charge is 0.0672 e. The summed E-state index contributed by atoms with van der Waals surface area (Å²) in [5.41, 5.74) is 7.18. The van der Waals surface area contributed by atoms with Gasteiger partial charge in [-0.05, 0) is 31.0 Å². The van der Waals surface area contributed by atoms with Crippen molar-refractivity contribution >= 4 is 0 Å². The largest absolute Gasteiger partial charge is 0.278 e. The standard InChI is InChI=1S/C18H18N2/c1-13-3-7-15(8-4-13)11-17-12-18(20-19-17)16-9-5-14(2)6-10-16/h3-10,12H,11H2,1-2H3,(H,19,20). The summed E-state index contributed by atoms with van der Waals surface area (Å²) in [6.45, 7) is 4.20. The molecule has 1 heterocycles. The Labute approximate surface area is 119 Å². The molecule has 0 aliphatic rings. The van der Waals surface area contributed by atoms with Gasteiger partial charge in [0.25, 0.3) is 0 Å². The number of H-pyrrole nitrogens is 1. The van der Waals surface area contributed by atoms with Gasteiger partial charge in [-0.25, -0.2) is 0 Å². The summed E-state index contributed by atoms with van der Waals surface area (Å²) in [7, 11) is 0. The number of benzene rings is 2. The minimum atomic E-state index is 0.864. The van der Waals surface area contributed by atoms with Gasteiger partial charge in [-0.2, -0.15) is 5.10 Å². The molecule has 0 aliphatic carbocycles. The van der Waals surface area contributed by atoms with Crippen molar-refractivity contribution in [3.8, 4) is 11.3 Å². The quantitative estimate of drug-likeness (QED) is 0.749. The molecular formula is C18H18N2. The van der Waals surface area contributed by atoms with E-state index in [0.717, 1.165) is 17.8 Å². The first-order valence-corrected chi connectivity index (χ1v) is 6.87. The number of hydrogen-bond acceptors (Lipinski definition) is 1. The zero-order valence-electron chi connectivity index (χ0n) is 11.9. The van der Waals surface area contributed by atoms with Gasteiger partial charge in [-0.1, -0.05) is 59.7 Å². The monoisotopic (exact) mass is 262 g/mol. The highest BCUT2D eigenvalue weighted by atomic mass is 15.1. The summed E-state index contributed by atoms with van der Waals surface area (Å²) in [5, 5.41) is 7.53. The van der Waals surface area contributed by atoms with Crippen molar-refractivity contribution in [1.82, 2.24) is 10.2 Å². The SMILES string of the molecule is Cc1ccc(Cc2cc(-c3ccc(C)cc3)[nH]n2)cc1. The van der Waals surface area contributed by atoms with Gasteiger partial charge < -0.3 is 0 Å². The van der Waals surface area contributed by atoms with E-state index in [2.05, 4.69) is 78.6 Å². The maximum atomic E-state index is 4.41. The van der Waals surface area contributed by atoms with E-state index in [1.165, 1.54) is 22.3 Å². The van der Waals surface area contributed by atoms with Crippen molar-refractivity contribution in [3.63, 3.8) is 0 Å². The maximum Gasteiger partial charge on any atom is 0.0672 e. The van der Waals surface area contributed by atoms with Gasteiger partial charge >= 0.3 is 0 Å². The average Bonchev–Trinajstić information content (AvgIpc) is 2.91. The Balaban J connectivity index is 1.80. The van der Waals surface area contributed by atoms with Crippen LogP contribution in [0, 0.1) is 13.8 Å². The van der Waals surface area contributed by atoms with Crippen LogP contribution in [-0.4, -0.2) is 10.2 Å². The molecule has 2 heteroatoms. The average molecular weight is 262 g/mol. The van der Waals surface area contributed by atoms with Crippen LogP contribution in [0.5, 0.6) is 0 Å². The topological polar surface area (TPSA) is 28.7 Å². The molecule has 0 radical (unpaired) electrons. The van der Waals surface area contributed by atoms with Crippen LogP contribution in [0.4, 0.5) is 0 Å². The van der Waals surface area contributed by atoms with Crippen molar-refractivity contribution in [2.24, 2.45) is 0 Å². The summed E-state index contributed by atoms with van der Waals surface area (Å²) in [4.78, 5) is 0. The van der Waals surface area contributed by atoms with Crippen LogP contribution in [0.2, 0.25) is 0 Å². The lowest BCUT2D eigenvalue weighted by atomic mass is 10.1. The molecule has 100 valence electrons. The molecule has 0 spiro atoms. The van der Waals surface area contributed by atoms with E-state index in [1.807, 2.05) is 0 Å². The van der Waals surface area contributed by atoms with Gasteiger partial charge in [0.1, 0.15) is 0 Å². The van der Waals surface area contributed by atoms with Gasteiger partial charge in [0.05, 0.1) is 11.4 Å². The van der Waals surface area contributed by atoms with Crippen LogP contribution in [0.15, 0.2) is 54.6 Å². The third-order valence-electron chi connectivity index (χ3n) is 3.50. The molecule has 0 saturated carbocycles. The van der Waals surface area contributed by atoms with E-state index in [4.69, 9.17) is 0 Å². The third-order valence-corrected chi connectivity index (χ3v) is 3.50. The third kappa shape index (κ3) is 2.80. The molecule has 3 rings (SSSR count). The van der Waals surface area contributed by atoms with E-state index in [1.54, 1.807) is 0 Å². The zero-order chi connectivity index (χ0) is 13.9. The Bertz CT molecular complexity index is 691. The van der Waals surface area contributed by atoms with Crippen molar-refractivity contribution in [2.45, 2.75) is 20.3 Å². The molecular weight excluding hydrogens is 244 g/mol. The summed E-state index contributed by atoms with van der Waals surface area (Å²) < 4.78 is 0. The van der Waals surface area contributed by atoms with Crippen molar-refractivity contribution in [1.29, 1.82) is 0 Å². The lowest BCUT2D eigenvalue weighted by molar-refractivity contribution is 0.998. The molecule has 2 aromatic carbocycles. The normalized spacial score (nSPS) is 10.7. The van der Waals surface area contributed by atoms with Gasteiger partial charge in [-0.3, -0.25) is 5.10 Å². The number of nitrogens with zero attached hydrogens (tertiary/aromatic N) is 1. The number of hydrogen-bond donors (Lipinski definition) is 1. The Kier molecular flexibility index (Phi) is 3.38. The zero-order valence-corrected chi connectivity index (χ0v) is 11.9. The van der Waals surface area contributed by atoms with E-state index in [9.17, 15) is 0 Å². The molecule has 0 bridgehead atoms. The number of aromatic amines is 1. The molecule has 0 saturated heterocycles. The van der Waals surface area contributed by atoms with Crippen LogP contribution < -0.4 is 0 Å². The first-order valence-electron chi connectivity index (χ1n) is 6.87. The number of nitrogens with one attached hydrogen (secondary N) is 1. The minimum absolute atomic E-state index is 0.864. The predicted molar refractivity (Wildman–Crippen MR) is 82.7 cm³/mol. The van der Waals surface area contributed by atoms with Crippen LogP contribution in [0.1, 0.15) is 22.4 Å². The molecule has 0 aliphatic heterocycles. The fourth-order valence-electron chi connectivity index (χ4n) is 2.25. The highest BCUT2D eigenvalue weighted by Crippen LogP contribution is 2.19. The van der Waals surface area contributed by atoms with Gasteiger partial charge in [-0.15, -0.1) is 0 Å². The Morgan fingerprint density at radius 2 is 1.45 bits per heavy atom. The molecule has 0 unspecified atom stereocenters. The molecule has 1 N–H and O–H groups in total. The highest BCUT2D eigenvalue weighted by molar-refractivity contribution is 5.59. The van der Waals surface area contributed by atoms with Gasteiger partial charge in [0, 0.05) is 6.42 Å². The van der Waals surface area contributed by atoms with E-state index in [0.29, 0.717) is 0 Å². The summed E-state index contributed by atoms with van der Waals surface area (Å²) in [5.74, 6) is 0. The first-order chi connectivity index (χ1) is 9.70. The molecule has 1 aromatic heterocycles. The predicted octanol–water partition coefficient (Wildman–Crippen LogP) is 4.28. The molecule has 2 nitrogen and oxygen atoms in total. The van der Waals surface area contributed by atoms with Crippen LogP contribution in [0.3, 0.4) is 0 Å². The van der Waals surface area contributed by atoms with Gasteiger partial charge in [0.2, 0.25) is 0 Å². The van der Waals surface area contributed by atoms with Crippen molar-refractivity contribution in [2.75, 3.05) is 0 Å². The molecule has 0 fully saturated rings. The number of aryl methyl sites for hydroxylation is 2. The first kappa shape index (κ1) is 12.7. The highest BCUT2D eigenvalue weighted by Gasteiger charge is 2.04.